The van der Waals surface area contributed by atoms with Crippen molar-refractivity contribution in [2.24, 2.45) is 5.41 Å². The van der Waals surface area contributed by atoms with Crippen LogP contribution in [0.15, 0.2) is 5.38 Å². The second-order valence-corrected chi connectivity index (χ2v) is 5.98. The number of thiazole rings is 1. The molecule has 1 saturated carbocycles. The molecule has 16 heavy (non-hydrogen) atoms. The molecule has 0 saturated heterocycles. The number of methoxy groups -OCH3 is 1. The highest BCUT2D eigenvalue weighted by atomic mass is 32.1. The molecule has 1 atom stereocenters. The van der Waals surface area contributed by atoms with Crippen molar-refractivity contribution in [3.8, 4) is 0 Å². The van der Waals surface area contributed by atoms with E-state index in [-0.39, 0.29) is 0 Å². The molecular formula is C12H20N2OS. The number of aromatic nitrogens is 1. The summed E-state index contributed by atoms with van der Waals surface area (Å²) in [5.41, 5.74) is 1.65. The molecule has 1 aromatic rings. The summed E-state index contributed by atoms with van der Waals surface area (Å²) >= 11 is 1.80. The first kappa shape index (κ1) is 12.0. The molecule has 0 radical (unpaired) electrons. The zero-order valence-electron chi connectivity index (χ0n) is 10.2. The van der Waals surface area contributed by atoms with Gasteiger partial charge in [0.25, 0.3) is 0 Å². The molecule has 0 aliphatic heterocycles. The minimum atomic E-state index is 0.485. The molecule has 3 nitrogen and oxygen atoms in total. The zero-order chi connectivity index (χ0) is 11.6. The zero-order valence-corrected chi connectivity index (χ0v) is 11.1. The molecule has 1 aliphatic carbocycles. The maximum atomic E-state index is 4.98. The summed E-state index contributed by atoms with van der Waals surface area (Å²) in [5.74, 6) is 0.699. The third-order valence-electron chi connectivity index (χ3n) is 3.17. The van der Waals surface area contributed by atoms with E-state index in [9.17, 15) is 0 Å². The number of nitrogens with one attached hydrogen (secondary N) is 1. The van der Waals surface area contributed by atoms with Gasteiger partial charge in [-0.05, 0) is 11.8 Å². The lowest BCUT2D eigenvalue weighted by molar-refractivity contribution is 0.199. The average Bonchev–Trinajstić information content (AvgIpc) is 2.70. The van der Waals surface area contributed by atoms with Gasteiger partial charge >= 0.3 is 0 Å². The van der Waals surface area contributed by atoms with E-state index in [0.29, 0.717) is 11.3 Å². The van der Waals surface area contributed by atoms with Gasteiger partial charge < -0.3 is 10.1 Å². The van der Waals surface area contributed by atoms with Crippen molar-refractivity contribution in [3.63, 3.8) is 0 Å². The van der Waals surface area contributed by atoms with Crippen LogP contribution in [0.2, 0.25) is 0 Å². The summed E-state index contributed by atoms with van der Waals surface area (Å²) in [6.07, 6.45) is 1.29. The van der Waals surface area contributed by atoms with Gasteiger partial charge in [0.1, 0.15) is 0 Å². The number of nitrogens with zero attached hydrogens (tertiary/aromatic N) is 1. The maximum Gasteiger partial charge on any atom is 0.0965 e. The number of rotatable bonds is 6. The average molecular weight is 240 g/mol. The predicted molar refractivity (Wildman–Crippen MR) is 66.8 cm³/mol. The molecule has 4 heteroatoms. The Balaban J connectivity index is 1.79. The Bertz CT molecular complexity index is 349. The lowest BCUT2D eigenvalue weighted by Gasteiger charge is -2.01. The lowest BCUT2D eigenvalue weighted by Crippen LogP contribution is -2.18. The number of ether oxygens (including phenoxy) is 1. The molecule has 0 aromatic carbocycles. The van der Waals surface area contributed by atoms with Crippen molar-refractivity contribution in [1.29, 1.82) is 0 Å². The summed E-state index contributed by atoms with van der Waals surface area (Å²) in [7, 11) is 1.72. The quantitative estimate of drug-likeness (QED) is 0.775. The standard InChI is InChI=1S/C12H20N2OS/c1-12(2)6-10(12)11-14-9(8-16-11)7-13-4-5-15-3/h8,10,13H,4-7H2,1-3H3. The normalized spacial score (nSPS) is 22.3. The van der Waals surface area contributed by atoms with Crippen LogP contribution in [-0.2, 0) is 11.3 Å². The fourth-order valence-electron chi connectivity index (χ4n) is 1.84. The molecule has 0 bridgehead atoms. The summed E-state index contributed by atoms with van der Waals surface area (Å²) in [5, 5.41) is 6.80. The Labute approximate surface area is 101 Å². The molecule has 0 amide bonds. The maximum absolute atomic E-state index is 4.98. The van der Waals surface area contributed by atoms with Gasteiger partial charge in [-0.25, -0.2) is 4.98 Å². The topological polar surface area (TPSA) is 34.1 Å². The van der Waals surface area contributed by atoms with Crippen LogP contribution in [0.3, 0.4) is 0 Å². The lowest BCUT2D eigenvalue weighted by atomic mass is 10.1. The molecule has 1 heterocycles. The second kappa shape index (κ2) is 4.82. The SMILES string of the molecule is COCCNCc1csc(C2CC2(C)C)n1. The van der Waals surface area contributed by atoms with E-state index in [0.717, 1.165) is 19.7 Å². The van der Waals surface area contributed by atoms with Crippen molar-refractivity contribution in [2.75, 3.05) is 20.3 Å². The van der Waals surface area contributed by atoms with Crippen molar-refractivity contribution in [3.05, 3.63) is 16.1 Å². The Hall–Kier alpha value is -0.450. The Morgan fingerprint density at radius 1 is 1.62 bits per heavy atom. The Morgan fingerprint density at radius 3 is 3.00 bits per heavy atom. The van der Waals surface area contributed by atoms with E-state index in [2.05, 4.69) is 29.5 Å². The van der Waals surface area contributed by atoms with Gasteiger partial charge in [-0.3, -0.25) is 0 Å². The van der Waals surface area contributed by atoms with Crippen molar-refractivity contribution in [1.82, 2.24) is 10.3 Å². The first-order valence-electron chi connectivity index (χ1n) is 5.77. The van der Waals surface area contributed by atoms with Gasteiger partial charge in [-0.1, -0.05) is 13.8 Å². The molecule has 90 valence electrons. The summed E-state index contributed by atoms with van der Waals surface area (Å²) in [6, 6.07) is 0. The van der Waals surface area contributed by atoms with Gasteiger partial charge in [-0.15, -0.1) is 11.3 Å². The highest BCUT2D eigenvalue weighted by Gasteiger charge is 2.48. The molecule has 0 spiro atoms. The first-order chi connectivity index (χ1) is 7.63. The van der Waals surface area contributed by atoms with E-state index in [1.165, 1.54) is 17.1 Å². The highest BCUT2D eigenvalue weighted by molar-refractivity contribution is 7.09. The fourth-order valence-corrected chi connectivity index (χ4v) is 2.97. The smallest absolute Gasteiger partial charge is 0.0965 e. The molecule has 1 N–H and O–H groups in total. The summed E-state index contributed by atoms with van der Waals surface area (Å²) in [6.45, 7) is 7.13. The van der Waals surface area contributed by atoms with E-state index < -0.39 is 0 Å². The minimum Gasteiger partial charge on any atom is -0.383 e. The van der Waals surface area contributed by atoms with Crippen molar-refractivity contribution < 1.29 is 4.74 Å². The van der Waals surface area contributed by atoms with Crippen molar-refractivity contribution >= 4 is 11.3 Å². The summed E-state index contributed by atoms with van der Waals surface area (Å²) < 4.78 is 4.98. The molecular weight excluding hydrogens is 220 g/mol. The van der Waals surface area contributed by atoms with Crippen molar-refractivity contribution in [2.45, 2.75) is 32.7 Å². The van der Waals surface area contributed by atoms with Gasteiger partial charge in [0, 0.05) is 31.5 Å². The number of hydrogen-bond donors (Lipinski definition) is 1. The van der Waals surface area contributed by atoms with E-state index in [4.69, 9.17) is 4.74 Å². The van der Waals surface area contributed by atoms with Gasteiger partial charge in [0.2, 0.25) is 0 Å². The van der Waals surface area contributed by atoms with Gasteiger partial charge in [0.05, 0.1) is 17.3 Å². The van der Waals surface area contributed by atoms with E-state index in [1.807, 2.05) is 0 Å². The third-order valence-corrected chi connectivity index (χ3v) is 4.18. The van der Waals surface area contributed by atoms with Crippen LogP contribution in [-0.4, -0.2) is 25.2 Å². The Morgan fingerprint density at radius 2 is 2.38 bits per heavy atom. The molecule has 1 fully saturated rings. The first-order valence-corrected chi connectivity index (χ1v) is 6.65. The van der Waals surface area contributed by atoms with Gasteiger partial charge in [-0.2, -0.15) is 0 Å². The second-order valence-electron chi connectivity index (χ2n) is 5.09. The third kappa shape index (κ3) is 2.81. The largest absolute Gasteiger partial charge is 0.383 e. The minimum absolute atomic E-state index is 0.485. The molecule has 1 aliphatic rings. The van der Waals surface area contributed by atoms with Crippen LogP contribution in [0.4, 0.5) is 0 Å². The van der Waals surface area contributed by atoms with Gasteiger partial charge in [0.15, 0.2) is 0 Å². The number of hydrogen-bond acceptors (Lipinski definition) is 4. The molecule has 2 rings (SSSR count). The monoisotopic (exact) mass is 240 g/mol. The van der Waals surface area contributed by atoms with E-state index in [1.54, 1.807) is 18.4 Å². The molecule has 1 unspecified atom stereocenters. The van der Waals surface area contributed by atoms with Crippen LogP contribution in [0.25, 0.3) is 0 Å². The van der Waals surface area contributed by atoms with E-state index >= 15 is 0 Å². The van der Waals surface area contributed by atoms with Crippen LogP contribution in [0.1, 0.15) is 36.9 Å². The Kier molecular flexibility index (Phi) is 3.62. The van der Waals surface area contributed by atoms with Crippen LogP contribution in [0.5, 0.6) is 0 Å². The summed E-state index contributed by atoms with van der Waals surface area (Å²) in [4.78, 5) is 4.68. The van der Waals surface area contributed by atoms with Crippen LogP contribution >= 0.6 is 11.3 Å². The van der Waals surface area contributed by atoms with Crippen LogP contribution < -0.4 is 5.32 Å². The predicted octanol–water partition coefficient (Wildman–Crippen LogP) is 2.39. The molecule has 1 aromatic heterocycles. The van der Waals surface area contributed by atoms with Crippen LogP contribution in [0, 0.1) is 5.41 Å². The fraction of sp³-hybridized carbons (Fsp3) is 0.750. The highest BCUT2D eigenvalue weighted by Crippen LogP contribution is 2.59.